The molecule has 0 saturated heterocycles. The van der Waals surface area contributed by atoms with Gasteiger partial charge in [-0.15, -0.1) is 0 Å². The lowest BCUT2D eigenvalue weighted by molar-refractivity contribution is -0.144. The Balaban J connectivity index is 2.00. The standard InChI is InChI=1S/C15H17ClFNO3/c16-13-11(6-3-7-12(13)17)14(19)18-8-9-4-1-2-5-10(9)15(20)21/h3,6-7,9-10H,1-2,4-5,8H2,(H,18,19)(H,20,21). The molecule has 1 aliphatic carbocycles. The highest BCUT2D eigenvalue weighted by molar-refractivity contribution is 6.34. The molecule has 1 fully saturated rings. The highest BCUT2D eigenvalue weighted by Crippen LogP contribution is 2.30. The van der Waals surface area contributed by atoms with Crippen LogP contribution in [0, 0.1) is 17.7 Å². The van der Waals surface area contributed by atoms with E-state index in [1.807, 2.05) is 0 Å². The Labute approximate surface area is 127 Å². The van der Waals surface area contributed by atoms with Crippen LogP contribution in [0.15, 0.2) is 18.2 Å². The molecule has 21 heavy (non-hydrogen) atoms. The van der Waals surface area contributed by atoms with Gasteiger partial charge in [-0.05, 0) is 30.9 Å². The van der Waals surface area contributed by atoms with E-state index in [4.69, 9.17) is 11.6 Å². The SMILES string of the molecule is O=C(NCC1CCCCC1C(=O)O)c1cccc(F)c1Cl. The number of rotatable bonds is 4. The van der Waals surface area contributed by atoms with Crippen molar-refractivity contribution in [3.8, 4) is 0 Å². The first-order valence-electron chi connectivity index (χ1n) is 6.95. The maximum atomic E-state index is 13.3. The van der Waals surface area contributed by atoms with Crippen LogP contribution in [0.2, 0.25) is 5.02 Å². The lowest BCUT2D eigenvalue weighted by atomic mass is 9.79. The molecule has 0 heterocycles. The number of hydrogen-bond donors (Lipinski definition) is 2. The van der Waals surface area contributed by atoms with Crippen molar-refractivity contribution in [1.29, 1.82) is 0 Å². The fraction of sp³-hybridized carbons (Fsp3) is 0.467. The van der Waals surface area contributed by atoms with Crippen LogP contribution in [0.4, 0.5) is 4.39 Å². The van der Waals surface area contributed by atoms with Crippen molar-refractivity contribution >= 4 is 23.5 Å². The van der Waals surface area contributed by atoms with Gasteiger partial charge in [-0.25, -0.2) is 4.39 Å². The molecule has 0 bridgehead atoms. The Hall–Kier alpha value is -1.62. The number of nitrogens with one attached hydrogen (secondary N) is 1. The van der Waals surface area contributed by atoms with E-state index in [0.29, 0.717) is 6.42 Å². The van der Waals surface area contributed by atoms with Gasteiger partial charge in [-0.3, -0.25) is 9.59 Å². The second-order valence-electron chi connectivity index (χ2n) is 5.30. The van der Waals surface area contributed by atoms with E-state index in [-0.39, 0.29) is 23.0 Å². The highest BCUT2D eigenvalue weighted by Gasteiger charge is 2.31. The molecule has 1 aromatic carbocycles. The first-order chi connectivity index (χ1) is 10.0. The zero-order chi connectivity index (χ0) is 15.4. The van der Waals surface area contributed by atoms with Crippen LogP contribution in [0.5, 0.6) is 0 Å². The topological polar surface area (TPSA) is 66.4 Å². The van der Waals surface area contributed by atoms with Gasteiger partial charge in [0.1, 0.15) is 5.82 Å². The first-order valence-corrected chi connectivity index (χ1v) is 7.33. The summed E-state index contributed by atoms with van der Waals surface area (Å²) in [5.41, 5.74) is 0.0688. The molecule has 2 N–H and O–H groups in total. The molecule has 1 amide bonds. The van der Waals surface area contributed by atoms with Crippen molar-refractivity contribution in [1.82, 2.24) is 5.32 Å². The number of hydrogen-bond acceptors (Lipinski definition) is 2. The fourth-order valence-corrected chi connectivity index (χ4v) is 2.99. The quantitative estimate of drug-likeness (QED) is 0.897. The normalized spacial score (nSPS) is 21.8. The van der Waals surface area contributed by atoms with Crippen LogP contribution in [-0.2, 0) is 4.79 Å². The predicted molar refractivity (Wildman–Crippen MR) is 76.8 cm³/mol. The molecule has 4 nitrogen and oxygen atoms in total. The number of aliphatic carboxylic acids is 1. The Bertz CT molecular complexity index is 550. The minimum absolute atomic E-state index is 0.0688. The molecule has 0 radical (unpaired) electrons. The van der Waals surface area contributed by atoms with Gasteiger partial charge in [0.25, 0.3) is 5.91 Å². The Morgan fingerprint density at radius 1 is 1.33 bits per heavy atom. The van der Waals surface area contributed by atoms with E-state index < -0.39 is 23.6 Å². The number of halogens is 2. The molecule has 2 unspecified atom stereocenters. The van der Waals surface area contributed by atoms with Gasteiger partial charge in [-0.2, -0.15) is 0 Å². The smallest absolute Gasteiger partial charge is 0.306 e. The third-order valence-electron chi connectivity index (χ3n) is 3.95. The molecule has 2 rings (SSSR count). The maximum Gasteiger partial charge on any atom is 0.306 e. The monoisotopic (exact) mass is 313 g/mol. The zero-order valence-corrected chi connectivity index (χ0v) is 12.2. The Morgan fingerprint density at radius 3 is 2.76 bits per heavy atom. The summed E-state index contributed by atoms with van der Waals surface area (Å²) < 4.78 is 13.3. The van der Waals surface area contributed by atoms with Crippen molar-refractivity contribution in [3.63, 3.8) is 0 Å². The van der Waals surface area contributed by atoms with Crippen molar-refractivity contribution in [3.05, 3.63) is 34.6 Å². The number of carboxylic acids is 1. The number of benzene rings is 1. The van der Waals surface area contributed by atoms with E-state index in [0.717, 1.165) is 19.3 Å². The molecule has 0 aromatic heterocycles. The average Bonchev–Trinajstić information content (AvgIpc) is 2.47. The summed E-state index contributed by atoms with van der Waals surface area (Å²) in [5.74, 6) is -2.47. The summed E-state index contributed by atoms with van der Waals surface area (Å²) in [6.07, 6.45) is 3.27. The van der Waals surface area contributed by atoms with Gasteiger partial charge in [0.2, 0.25) is 0 Å². The van der Waals surface area contributed by atoms with Crippen molar-refractivity contribution in [2.45, 2.75) is 25.7 Å². The van der Waals surface area contributed by atoms with Gasteiger partial charge in [0, 0.05) is 6.54 Å². The molecule has 0 aliphatic heterocycles. The highest BCUT2D eigenvalue weighted by atomic mass is 35.5. The number of amides is 1. The number of carbonyl (C=O) groups excluding carboxylic acids is 1. The van der Waals surface area contributed by atoms with Gasteiger partial charge in [-0.1, -0.05) is 30.5 Å². The molecule has 114 valence electrons. The van der Waals surface area contributed by atoms with Crippen LogP contribution in [-0.4, -0.2) is 23.5 Å². The molecular formula is C15H17ClFNO3. The first kappa shape index (κ1) is 15.8. The predicted octanol–water partition coefficient (Wildman–Crippen LogP) is 3.10. The van der Waals surface area contributed by atoms with Gasteiger partial charge >= 0.3 is 5.97 Å². The molecule has 2 atom stereocenters. The summed E-state index contributed by atoms with van der Waals surface area (Å²) in [6.45, 7) is 0.267. The van der Waals surface area contributed by atoms with Crippen LogP contribution in [0.3, 0.4) is 0 Å². The molecule has 6 heteroatoms. The second kappa shape index (κ2) is 6.89. The number of carboxylic acid groups (broad SMARTS) is 1. The zero-order valence-electron chi connectivity index (χ0n) is 11.4. The van der Waals surface area contributed by atoms with E-state index in [1.165, 1.54) is 18.2 Å². The van der Waals surface area contributed by atoms with Gasteiger partial charge in [0.05, 0.1) is 16.5 Å². The fourth-order valence-electron chi connectivity index (χ4n) is 2.78. The van der Waals surface area contributed by atoms with Crippen LogP contribution < -0.4 is 5.32 Å². The van der Waals surface area contributed by atoms with Gasteiger partial charge in [0.15, 0.2) is 0 Å². The summed E-state index contributed by atoms with van der Waals surface area (Å²) >= 11 is 5.76. The van der Waals surface area contributed by atoms with Crippen molar-refractivity contribution in [2.24, 2.45) is 11.8 Å². The Kier molecular flexibility index (Phi) is 5.17. The number of carbonyl (C=O) groups is 2. The summed E-state index contributed by atoms with van der Waals surface area (Å²) in [6, 6.07) is 4.04. The molecular weight excluding hydrogens is 297 g/mol. The molecule has 1 saturated carbocycles. The third kappa shape index (κ3) is 3.73. The van der Waals surface area contributed by atoms with E-state index in [9.17, 15) is 19.1 Å². The van der Waals surface area contributed by atoms with E-state index >= 15 is 0 Å². The van der Waals surface area contributed by atoms with Crippen molar-refractivity contribution in [2.75, 3.05) is 6.54 Å². The van der Waals surface area contributed by atoms with Crippen molar-refractivity contribution < 1.29 is 19.1 Å². The summed E-state index contributed by atoms with van der Waals surface area (Å²) in [7, 11) is 0. The molecule has 0 spiro atoms. The van der Waals surface area contributed by atoms with E-state index in [1.54, 1.807) is 0 Å². The van der Waals surface area contributed by atoms with Crippen LogP contribution >= 0.6 is 11.6 Å². The van der Waals surface area contributed by atoms with Crippen LogP contribution in [0.1, 0.15) is 36.0 Å². The second-order valence-corrected chi connectivity index (χ2v) is 5.68. The Morgan fingerprint density at radius 2 is 2.05 bits per heavy atom. The molecule has 1 aromatic rings. The lowest BCUT2D eigenvalue weighted by Gasteiger charge is -2.28. The summed E-state index contributed by atoms with van der Waals surface area (Å²) in [5, 5.41) is 11.6. The largest absolute Gasteiger partial charge is 0.481 e. The minimum Gasteiger partial charge on any atom is -0.481 e. The van der Waals surface area contributed by atoms with E-state index in [2.05, 4.69) is 5.32 Å². The lowest BCUT2D eigenvalue weighted by Crippen LogP contribution is -2.37. The third-order valence-corrected chi connectivity index (χ3v) is 4.33. The average molecular weight is 314 g/mol. The molecule has 1 aliphatic rings. The minimum atomic E-state index is -0.822. The van der Waals surface area contributed by atoms with Gasteiger partial charge < -0.3 is 10.4 Å². The van der Waals surface area contributed by atoms with Crippen LogP contribution in [0.25, 0.3) is 0 Å². The summed E-state index contributed by atoms with van der Waals surface area (Å²) in [4.78, 5) is 23.2. The maximum absolute atomic E-state index is 13.3.